The van der Waals surface area contributed by atoms with E-state index in [0.29, 0.717) is 6.54 Å². The SMILES string of the molecule is CN=C(NCCc1ccc(OC)cc1)NCc1cccc(C)n1. The van der Waals surface area contributed by atoms with Gasteiger partial charge in [-0.2, -0.15) is 0 Å². The normalized spacial score (nSPS) is 11.2. The molecule has 0 saturated carbocycles. The summed E-state index contributed by atoms with van der Waals surface area (Å²) in [4.78, 5) is 8.70. The fourth-order valence-electron chi connectivity index (χ4n) is 2.21. The molecule has 0 atom stereocenters. The zero-order chi connectivity index (χ0) is 16.5. The van der Waals surface area contributed by atoms with Gasteiger partial charge in [0.2, 0.25) is 0 Å². The topological polar surface area (TPSA) is 58.5 Å². The number of aryl methyl sites for hydroxylation is 1. The summed E-state index contributed by atoms with van der Waals surface area (Å²) in [5, 5.41) is 6.59. The lowest BCUT2D eigenvalue weighted by Crippen LogP contribution is -2.38. The zero-order valence-electron chi connectivity index (χ0n) is 14.0. The zero-order valence-corrected chi connectivity index (χ0v) is 14.0. The highest BCUT2D eigenvalue weighted by atomic mass is 16.5. The van der Waals surface area contributed by atoms with Gasteiger partial charge in [0, 0.05) is 19.3 Å². The highest BCUT2D eigenvalue weighted by Crippen LogP contribution is 2.11. The lowest BCUT2D eigenvalue weighted by molar-refractivity contribution is 0.414. The summed E-state index contributed by atoms with van der Waals surface area (Å²) < 4.78 is 5.16. The van der Waals surface area contributed by atoms with Gasteiger partial charge in [-0.1, -0.05) is 18.2 Å². The summed E-state index contributed by atoms with van der Waals surface area (Å²) >= 11 is 0. The molecule has 0 saturated heterocycles. The van der Waals surface area contributed by atoms with E-state index in [1.54, 1.807) is 14.2 Å². The molecule has 0 aliphatic carbocycles. The van der Waals surface area contributed by atoms with E-state index in [1.807, 2.05) is 37.3 Å². The Hall–Kier alpha value is -2.56. The molecule has 0 spiro atoms. The van der Waals surface area contributed by atoms with Crippen LogP contribution < -0.4 is 15.4 Å². The van der Waals surface area contributed by atoms with Gasteiger partial charge in [-0.3, -0.25) is 9.98 Å². The van der Waals surface area contributed by atoms with E-state index in [4.69, 9.17) is 4.74 Å². The first-order chi connectivity index (χ1) is 11.2. The predicted octanol–water partition coefficient (Wildman–Crippen LogP) is 2.31. The minimum atomic E-state index is 0.657. The minimum absolute atomic E-state index is 0.657. The number of aromatic nitrogens is 1. The molecule has 1 heterocycles. The Balaban J connectivity index is 1.76. The second-order valence-electron chi connectivity index (χ2n) is 5.22. The van der Waals surface area contributed by atoms with E-state index in [9.17, 15) is 0 Å². The van der Waals surface area contributed by atoms with Gasteiger partial charge in [0.1, 0.15) is 5.75 Å². The second kappa shape index (κ2) is 8.78. The first-order valence-electron chi connectivity index (χ1n) is 7.71. The maximum absolute atomic E-state index is 5.16. The van der Waals surface area contributed by atoms with Crippen molar-refractivity contribution in [2.75, 3.05) is 20.7 Å². The number of nitrogens with zero attached hydrogens (tertiary/aromatic N) is 2. The van der Waals surface area contributed by atoms with E-state index in [2.05, 4.69) is 32.7 Å². The number of hydrogen-bond donors (Lipinski definition) is 2. The summed E-state index contributed by atoms with van der Waals surface area (Å²) in [6, 6.07) is 14.1. The molecule has 0 unspecified atom stereocenters. The van der Waals surface area contributed by atoms with Crippen LogP contribution in [0.5, 0.6) is 5.75 Å². The van der Waals surface area contributed by atoms with Crippen LogP contribution in [0.1, 0.15) is 17.0 Å². The summed E-state index contributed by atoms with van der Waals surface area (Å²) in [7, 11) is 3.45. The molecule has 23 heavy (non-hydrogen) atoms. The van der Waals surface area contributed by atoms with Crippen LogP contribution in [0.3, 0.4) is 0 Å². The number of guanidine groups is 1. The highest BCUT2D eigenvalue weighted by molar-refractivity contribution is 5.79. The summed E-state index contributed by atoms with van der Waals surface area (Å²) in [5.74, 6) is 1.66. The second-order valence-corrected chi connectivity index (χ2v) is 5.22. The van der Waals surface area contributed by atoms with Crippen molar-refractivity contribution >= 4 is 5.96 Å². The van der Waals surface area contributed by atoms with Gasteiger partial charge in [-0.05, 0) is 43.2 Å². The van der Waals surface area contributed by atoms with Crippen LogP contribution in [0, 0.1) is 6.92 Å². The number of pyridine rings is 1. The molecule has 0 amide bonds. The van der Waals surface area contributed by atoms with Crippen LogP contribution in [0.15, 0.2) is 47.5 Å². The Morgan fingerprint density at radius 2 is 1.91 bits per heavy atom. The highest BCUT2D eigenvalue weighted by Gasteiger charge is 2.00. The number of aliphatic imine (C=N–C) groups is 1. The van der Waals surface area contributed by atoms with Crippen molar-refractivity contribution in [2.45, 2.75) is 19.9 Å². The third-order valence-electron chi connectivity index (χ3n) is 3.47. The van der Waals surface area contributed by atoms with Crippen molar-refractivity contribution in [3.63, 3.8) is 0 Å². The number of benzene rings is 1. The van der Waals surface area contributed by atoms with Crippen LogP contribution in [0.25, 0.3) is 0 Å². The average molecular weight is 312 g/mol. The molecular formula is C18H24N4O. The van der Waals surface area contributed by atoms with Crippen LogP contribution in [0.4, 0.5) is 0 Å². The van der Waals surface area contributed by atoms with Crippen LogP contribution in [-0.4, -0.2) is 31.6 Å². The van der Waals surface area contributed by atoms with Crippen molar-refractivity contribution in [2.24, 2.45) is 4.99 Å². The third-order valence-corrected chi connectivity index (χ3v) is 3.47. The Morgan fingerprint density at radius 3 is 2.57 bits per heavy atom. The minimum Gasteiger partial charge on any atom is -0.497 e. The van der Waals surface area contributed by atoms with Gasteiger partial charge in [-0.15, -0.1) is 0 Å². The molecular weight excluding hydrogens is 288 g/mol. The lowest BCUT2D eigenvalue weighted by Gasteiger charge is -2.12. The van der Waals surface area contributed by atoms with Crippen molar-refractivity contribution in [3.05, 3.63) is 59.4 Å². The molecule has 0 bridgehead atoms. The Morgan fingerprint density at radius 1 is 1.13 bits per heavy atom. The molecule has 2 aromatic rings. The molecule has 0 radical (unpaired) electrons. The smallest absolute Gasteiger partial charge is 0.191 e. The fraction of sp³-hybridized carbons (Fsp3) is 0.333. The molecule has 1 aromatic carbocycles. The number of methoxy groups -OCH3 is 1. The van der Waals surface area contributed by atoms with Gasteiger partial charge in [-0.25, -0.2) is 0 Å². The number of ether oxygens (including phenoxy) is 1. The Bertz CT molecular complexity index is 638. The molecule has 2 rings (SSSR count). The van der Waals surface area contributed by atoms with Gasteiger partial charge in [0.05, 0.1) is 19.3 Å². The fourth-order valence-corrected chi connectivity index (χ4v) is 2.21. The Labute approximate surface area is 137 Å². The van der Waals surface area contributed by atoms with Crippen LogP contribution in [-0.2, 0) is 13.0 Å². The number of nitrogens with one attached hydrogen (secondary N) is 2. The maximum Gasteiger partial charge on any atom is 0.191 e. The first kappa shape index (κ1) is 16.8. The monoisotopic (exact) mass is 312 g/mol. The summed E-state index contributed by atoms with van der Waals surface area (Å²) in [6.07, 6.45) is 0.924. The van der Waals surface area contributed by atoms with E-state index >= 15 is 0 Å². The van der Waals surface area contributed by atoms with Crippen LogP contribution >= 0.6 is 0 Å². The van der Waals surface area contributed by atoms with Gasteiger partial charge < -0.3 is 15.4 Å². The quantitative estimate of drug-likeness (QED) is 0.635. The van der Waals surface area contributed by atoms with E-state index in [1.165, 1.54) is 5.56 Å². The first-order valence-corrected chi connectivity index (χ1v) is 7.71. The lowest BCUT2D eigenvalue weighted by atomic mass is 10.1. The van der Waals surface area contributed by atoms with E-state index < -0.39 is 0 Å². The molecule has 5 nitrogen and oxygen atoms in total. The molecule has 0 fully saturated rings. The van der Waals surface area contributed by atoms with Crippen molar-refractivity contribution in [3.8, 4) is 5.75 Å². The van der Waals surface area contributed by atoms with E-state index in [-0.39, 0.29) is 0 Å². The third kappa shape index (κ3) is 5.62. The molecule has 0 aliphatic heterocycles. The molecule has 0 aliphatic rings. The molecule has 1 aromatic heterocycles. The average Bonchev–Trinajstić information content (AvgIpc) is 2.58. The maximum atomic E-state index is 5.16. The molecule has 5 heteroatoms. The van der Waals surface area contributed by atoms with Crippen molar-refractivity contribution < 1.29 is 4.74 Å². The van der Waals surface area contributed by atoms with E-state index in [0.717, 1.165) is 36.1 Å². The van der Waals surface area contributed by atoms with Gasteiger partial charge in [0.15, 0.2) is 5.96 Å². The number of rotatable bonds is 6. The van der Waals surface area contributed by atoms with Crippen molar-refractivity contribution in [1.29, 1.82) is 0 Å². The largest absolute Gasteiger partial charge is 0.497 e. The number of hydrogen-bond acceptors (Lipinski definition) is 3. The molecule has 2 N–H and O–H groups in total. The van der Waals surface area contributed by atoms with Crippen molar-refractivity contribution in [1.82, 2.24) is 15.6 Å². The summed E-state index contributed by atoms with van der Waals surface area (Å²) in [5.41, 5.74) is 3.28. The van der Waals surface area contributed by atoms with Gasteiger partial charge in [0.25, 0.3) is 0 Å². The molecule has 122 valence electrons. The summed E-state index contributed by atoms with van der Waals surface area (Å²) in [6.45, 7) is 3.46. The Kier molecular flexibility index (Phi) is 6.41. The van der Waals surface area contributed by atoms with Crippen LogP contribution in [0.2, 0.25) is 0 Å². The van der Waals surface area contributed by atoms with Gasteiger partial charge >= 0.3 is 0 Å². The standard InChI is InChI=1S/C18H24N4O/c1-14-5-4-6-16(22-14)13-21-18(19-2)20-12-11-15-7-9-17(23-3)10-8-15/h4-10H,11-13H2,1-3H3,(H2,19,20,21). The predicted molar refractivity (Wildman–Crippen MR) is 93.9 cm³/mol.